The van der Waals surface area contributed by atoms with E-state index >= 15 is 0 Å². The maximum Gasteiger partial charge on any atom is 0.0782 e. The summed E-state index contributed by atoms with van der Waals surface area (Å²) < 4.78 is 1.24. The van der Waals surface area contributed by atoms with Crippen LogP contribution in [0.15, 0.2) is 0 Å². The Kier molecular flexibility index (Phi) is 34.5. The van der Waals surface area contributed by atoms with Crippen molar-refractivity contribution in [1.29, 1.82) is 0 Å². The third-order valence-electron chi connectivity index (χ3n) is 8.06. The van der Waals surface area contributed by atoms with Crippen molar-refractivity contribution in [3.63, 3.8) is 0 Å². The molecule has 0 heterocycles. The van der Waals surface area contributed by atoms with E-state index in [-0.39, 0.29) is 4.70 Å². The quantitative estimate of drug-likeness (QED) is 0.0618. The van der Waals surface area contributed by atoms with E-state index in [2.05, 4.69) is 39.7 Å². The highest BCUT2D eigenvalue weighted by molar-refractivity contribution is 7.99. The molecule has 0 aliphatic rings. The topological polar surface area (TPSA) is 0 Å². The molecule has 1 nitrogen and oxygen atoms in total. The third-order valence-corrected chi connectivity index (χ3v) is 9.22. The van der Waals surface area contributed by atoms with Crippen molar-refractivity contribution in [2.45, 2.75) is 181 Å². The predicted octanol–water partition coefficient (Wildman–Crippen LogP) is 8.98. The van der Waals surface area contributed by atoms with Crippen LogP contribution < -0.4 is 4.70 Å². The SMILES string of the molecule is CCCCCCCCCCCCCCCC[N+](C)(C)CCCCCCSCCCCCCCCCC.[F-]. The van der Waals surface area contributed by atoms with Gasteiger partial charge in [-0.2, -0.15) is 11.8 Å². The standard InChI is InChI=1S/C34H72NS.FH/c1-5-7-9-11-13-15-16-17-18-19-20-21-23-27-31-35(3,4)32-28-24-26-30-34-36-33-29-25-22-14-12-10-8-6-2;/h5-34H2,1-4H3;1H/q+1;/p-1. The summed E-state index contributed by atoms with van der Waals surface area (Å²) in [4.78, 5) is 0. The molecule has 0 amide bonds. The highest BCUT2D eigenvalue weighted by Gasteiger charge is 2.13. The van der Waals surface area contributed by atoms with Crippen molar-refractivity contribution in [3.8, 4) is 0 Å². The maximum atomic E-state index is 2.46. The van der Waals surface area contributed by atoms with E-state index in [9.17, 15) is 0 Å². The lowest BCUT2D eigenvalue weighted by Gasteiger charge is -2.30. The highest BCUT2D eigenvalue weighted by atomic mass is 32.2. The Morgan fingerprint density at radius 2 is 0.595 bits per heavy atom. The lowest BCUT2D eigenvalue weighted by Crippen LogP contribution is -3.00. The summed E-state index contributed by atoms with van der Waals surface area (Å²) >= 11 is 2.21. The number of hydrogen-bond donors (Lipinski definition) is 0. The minimum Gasteiger partial charge on any atom is -1.00 e. The molecule has 37 heavy (non-hydrogen) atoms. The molecular weight excluding hydrogens is 473 g/mol. The average molecular weight is 546 g/mol. The van der Waals surface area contributed by atoms with Crippen molar-refractivity contribution in [3.05, 3.63) is 0 Å². The molecule has 0 saturated carbocycles. The molecule has 0 aliphatic carbocycles. The van der Waals surface area contributed by atoms with Crippen molar-refractivity contribution in [2.24, 2.45) is 0 Å². The van der Waals surface area contributed by atoms with Gasteiger partial charge < -0.3 is 9.19 Å². The van der Waals surface area contributed by atoms with Crippen LogP contribution in [0, 0.1) is 0 Å². The second-order valence-electron chi connectivity index (χ2n) is 12.5. The molecule has 0 aromatic carbocycles. The van der Waals surface area contributed by atoms with Gasteiger partial charge in [0.1, 0.15) is 0 Å². The second-order valence-corrected chi connectivity index (χ2v) is 13.7. The Labute approximate surface area is 240 Å². The van der Waals surface area contributed by atoms with E-state index < -0.39 is 0 Å². The minimum atomic E-state index is 0. The van der Waals surface area contributed by atoms with Crippen LogP contribution in [0.25, 0.3) is 0 Å². The number of hydrogen-bond acceptors (Lipinski definition) is 1. The zero-order valence-corrected chi connectivity index (χ0v) is 27.3. The van der Waals surface area contributed by atoms with E-state index in [4.69, 9.17) is 0 Å². The van der Waals surface area contributed by atoms with Crippen molar-refractivity contribution in [2.75, 3.05) is 38.7 Å². The smallest absolute Gasteiger partial charge is 0.0782 e. The fourth-order valence-electron chi connectivity index (χ4n) is 5.38. The molecule has 0 aromatic heterocycles. The number of unbranched alkanes of at least 4 members (excludes halogenated alkanes) is 23. The summed E-state index contributed by atoms with van der Waals surface area (Å²) in [5, 5.41) is 0. The number of nitrogens with zero attached hydrogens (tertiary/aromatic N) is 1. The summed E-state index contributed by atoms with van der Waals surface area (Å²) in [6, 6.07) is 0. The van der Waals surface area contributed by atoms with Crippen LogP contribution in [0.3, 0.4) is 0 Å². The Bertz CT molecular complexity index is 401. The lowest BCUT2D eigenvalue weighted by atomic mass is 10.0. The van der Waals surface area contributed by atoms with Crippen LogP contribution in [-0.4, -0.2) is 43.2 Å². The number of halogens is 1. The van der Waals surface area contributed by atoms with Crippen LogP contribution in [0.5, 0.6) is 0 Å². The number of rotatable bonds is 31. The van der Waals surface area contributed by atoms with Crippen molar-refractivity contribution < 1.29 is 9.19 Å². The molecule has 0 unspecified atom stereocenters. The van der Waals surface area contributed by atoms with Gasteiger partial charge in [-0.15, -0.1) is 0 Å². The van der Waals surface area contributed by atoms with Gasteiger partial charge in [0, 0.05) is 0 Å². The zero-order chi connectivity index (χ0) is 26.4. The van der Waals surface area contributed by atoms with Crippen LogP contribution in [0.4, 0.5) is 0 Å². The van der Waals surface area contributed by atoms with Gasteiger partial charge in [0.2, 0.25) is 0 Å². The first kappa shape index (κ1) is 39.4. The zero-order valence-electron chi connectivity index (χ0n) is 26.4. The van der Waals surface area contributed by atoms with Gasteiger partial charge in [-0.05, 0) is 50.0 Å². The molecule has 3 heteroatoms. The predicted molar refractivity (Wildman–Crippen MR) is 171 cm³/mol. The Balaban J connectivity index is 0. The summed E-state index contributed by atoms with van der Waals surface area (Å²) in [6.07, 6.45) is 37.8. The van der Waals surface area contributed by atoms with Crippen molar-refractivity contribution >= 4 is 11.8 Å². The van der Waals surface area contributed by atoms with Gasteiger partial charge in [0.05, 0.1) is 27.2 Å². The molecule has 0 aliphatic heterocycles. The molecule has 0 aromatic rings. The first-order chi connectivity index (χ1) is 17.6. The summed E-state index contributed by atoms with van der Waals surface area (Å²) in [6.45, 7) is 7.37. The van der Waals surface area contributed by atoms with E-state index in [0.717, 1.165) is 0 Å². The van der Waals surface area contributed by atoms with Crippen LogP contribution in [0.2, 0.25) is 0 Å². The normalized spacial score (nSPS) is 11.7. The van der Waals surface area contributed by atoms with Crippen molar-refractivity contribution in [1.82, 2.24) is 0 Å². The number of thioether (sulfide) groups is 1. The summed E-state index contributed by atoms with van der Waals surface area (Å²) in [5.74, 6) is 2.80. The van der Waals surface area contributed by atoms with Crippen LogP contribution in [-0.2, 0) is 0 Å². The second kappa shape index (κ2) is 32.5. The van der Waals surface area contributed by atoms with Gasteiger partial charge in [-0.25, -0.2) is 0 Å². The van der Waals surface area contributed by atoms with Gasteiger partial charge in [0.25, 0.3) is 0 Å². The molecule has 0 N–H and O–H groups in total. The van der Waals surface area contributed by atoms with E-state index in [1.54, 1.807) is 0 Å². The third kappa shape index (κ3) is 34.2. The first-order valence-electron chi connectivity index (χ1n) is 17.0. The monoisotopic (exact) mass is 546 g/mol. The molecule has 226 valence electrons. The molecule has 0 fully saturated rings. The minimum absolute atomic E-state index is 0. The first-order valence-corrected chi connectivity index (χ1v) is 18.2. The Morgan fingerprint density at radius 1 is 0.351 bits per heavy atom. The fraction of sp³-hybridized carbons (Fsp3) is 1.00. The van der Waals surface area contributed by atoms with Gasteiger partial charge in [-0.3, -0.25) is 0 Å². The fourth-order valence-corrected chi connectivity index (χ4v) is 6.40. The van der Waals surface area contributed by atoms with Gasteiger partial charge in [0.15, 0.2) is 0 Å². The molecule has 0 spiro atoms. The molecule has 0 atom stereocenters. The van der Waals surface area contributed by atoms with Crippen LogP contribution >= 0.6 is 11.8 Å². The maximum absolute atomic E-state index is 2.46. The lowest BCUT2D eigenvalue weighted by molar-refractivity contribution is -0.890. The summed E-state index contributed by atoms with van der Waals surface area (Å²) in [5.41, 5.74) is 0. The molecule has 0 rings (SSSR count). The van der Waals surface area contributed by atoms with E-state index in [1.807, 2.05) is 0 Å². The van der Waals surface area contributed by atoms with E-state index in [1.165, 1.54) is 196 Å². The Hall–Kier alpha value is 0.240. The van der Waals surface area contributed by atoms with E-state index in [0.29, 0.717) is 0 Å². The Morgan fingerprint density at radius 3 is 0.892 bits per heavy atom. The van der Waals surface area contributed by atoms with Gasteiger partial charge >= 0.3 is 0 Å². The molecule has 0 radical (unpaired) electrons. The summed E-state index contributed by atoms with van der Waals surface area (Å²) in [7, 11) is 4.92. The van der Waals surface area contributed by atoms with Gasteiger partial charge in [-0.1, -0.05) is 142 Å². The molecule has 0 saturated heterocycles. The molecule has 0 bridgehead atoms. The van der Waals surface area contributed by atoms with Crippen LogP contribution in [0.1, 0.15) is 181 Å². The largest absolute Gasteiger partial charge is 1.00 e. The highest BCUT2D eigenvalue weighted by Crippen LogP contribution is 2.16. The average Bonchev–Trinajstić information content (AvgIpc) is 2.86. The molecular formula is C34H72FNS. The number of quaternary nitrogens is 1.